The van der Waals surface area contributed by atoms with E-state index in [0.717, 1.165) is 42.6 Å². The van der Waals surface area contributed by atoms with Crippen LogP contribution in [0.25, 0.3) is 5.69 Å². The number of hydrogen-bond acceptors (Lipinski definition) is 3. The largest absolute Gasteiger partial charge is 0.355 e. The minimum atomic E-state index is -0.356. The molecule has 1 aromatic heterocycles. The van der Waals surface area contributed by atoms with E-state index in [0.29, 0.717) is 12.2 Å². The molecular formula is C18H21FN4O2. The number of fused-ring (bicyclic) bond motifs is 1. The smallest absolute Gasteiger partial charge is 0.272 e. The first kappa shape index (κ1) is 17.1. The molecule has 1 aliphatic carbocycles. The Bertz CT molecular complexity index is 783. The molecule has 25 heavy (non-hydrogen) atoms. The van der Waals surface area contributed by atoms with Crippen molar-refractivity contribution in [1.29, 1.82) is 0 Å². The Morgan fingerprint density at radius 3 is 2.60 bits per heavy atom. The normalized spacial score (nSPS) is 13.2. The third-order valence-electron chi connectivity index (χ3n) is 4.25. The Balaban J connectivity index is 1.88. The molecule has 0 fully saturated rings. The van der Waals surface area contributed by atoms with Crippen LogP contribution in [0.5, 0.6) is 0 Å². The van der Waals surface area contributed by atoms with Crippen LogP contribution >= 0.6 is 0 Å². The lowest BCUT2D eigenvalue weighted by molar-refractivity contribution is -0.120. The number of amides is 2. The highest BCUT2D eigenvalue weighted by atomic mass is 19.1. The number of nitrogens with one attached hydrogen (secondary N) is 2. The maximum Gasteiger partial charge on any atom is 0.272 e. The maximum atomic E-state index is 13.2. The molecule has 2 amide bonds. The zero-order chi connectivity index (χ0) is 17.8. The Kier molecular flexibility index (Phi) is 5.11. The third kappa shape index (κ3) is 3.70. The lowest BCUT2D eigenvalue weighted by Crippen LogP contribution is -2.37. The van der Waals surface area contributed by atoms with Crippen LogP contribution < -0.4 is 10.6 Å². The van der Waals surface area contributed by atoms with E-state index in [1.54, 1.807) is 16.8 Å². The van der Waals surface area contributed by atoms with Gasteiger partial charge in [-0.05, 0) is 56.9 Å². The molecule has 0 aliphatic heterocycles. The van der Waals surface area contributed by atoms with E-state index in [9.17, 15) is 14.0 Å². The molecule has 0 unspecified atom stereocenters. The van der Waals surface area contributed by atoms with Gasteiger partial charge in [-0.15, -0.1) is 0 Å². The van der Waals surface area contributed by atoms with Gasteiger partial charge in [0, 0.05) is 17.8 Å². The van der Waals surface area contributed by atoms with E-state index in [4.69, 9.17) is 0 Å². The second-order valence-electron chi connectivity index (χ2n) is 6.01. The molecule has 0 atom stereocenters. The van der Waals surface area contributed by atoms with E-state index in [-0.39, 0.29) is 24.2 Å². The summed E-state index contributed by atoms with van der Waals surface area (Å²) >= 11 is 0. The topological polar surface area (TPSA) is 76.0 Å². The van der Waals surface area contributed by atoms with Crippen molar-refractivity contribution in [3.05, 3.63) is 47.0 Å². The summed E-state index contributed by atoms with van der Waals surface area (Å²) in [6, 6.07) is 6.04. The van der Waals surface area contributed by atoms with Crippen LogP contribution in [0.3, 0.4) is 0 Å². The highest BCUT2D eigenvalue weighted by Gasteiger charge is 2.25. The molecule has 0 saturated heterocycles. The van der Waals surface area contributed by atoms with Gasteiger partial charge in [0.1, 0.15) is 5.82 Å². The molecule has 0 radical (unpaired) electrons. The highest BCUT2D eigenvalue weighted by Crippen LogP contribution is 2.27. The number of aromatic nitrogens is 2. The number of nitrogens with zero attached hydrogens (tertiary/aromatic N) is 2. The number of likely N-dealkylation sites (N-methyl/N-ethyl adjacent to an activating group) is 1. The molecule has 1 heterocycles. The van der Waals surface area contributed by atoms with Crippen molar-refractivity contribution in [3.8, 4) is 5.69 Å². The van der Waals surface area contributed by atoms with E-state index in [2.05, 4.69) is 15.7 Å². The van der Waals surface area contributed by atoms with Gasteiger partial charge in [-0.2, -0.15) is 5.10 Å². The van der Waals surface area contributed by atoms with Crippen molar-refractivity contribution in [1.82, 2.24) is 20.4 Å². The zero-order valence-electron chi connectivity index (χ0n) is 14.1. The summed E-state index contributed by atoms with van der Waals surface area (Å²) in [6.07, 6.45) is 3.63. The molecule has 1 aliphatic rings. The fourth-order valence-electron chi connectivity index (χ4n) is 3.08. The molecule has 2 aromatic rings. The molecule has 6 nitrogen and oxygen atoms in total. The average molecular weight is 344 g/mol. The molecule has 0 bridgehead atoms. The minimum absolute atomic E-state index is 0.0785. The van der Waals surface area contributed by atoms with Gasteiger partial charge in [-0.3, -0.25) is 9.59 Å². The summed E-state index contributed by atoms with van der Waals surface area (Å²) in [7, 11) is 0. The van der Waals surface area contributed by atoms with Gasteiger partial charge in [-0.1, -0.05) is 0 Å². The molecular weight excluding hydrogens is 323 g/mol. The van der Waals surface area contributed by atoms with Gasteiger partial charge < -0.3 is 10.6 Å². The van der Waals surface area contributed by atoms with Gasteiger partial charge in [0.25, 0.3) is 5.91 Å². The minimum Gasteiger partial charge on any atom is -0.355 e. The van der Waals surface area contributed by atoms with E-state index in [1.807, 2.05) is 6.92 Å². The van der Waals surface area contributed by atoms with Gasteiger partial charge in [0.2, 0.25) is 5.91 Å². The molecule has 7 heteroatoms. The summed E-state index contributed by atoms with van der Waals surface area (Å²) in [5.74, 6) is -0.905. The number of carbonyl (C=O) groups is 2. The molecule has 3 rings (SSSR count). The standard InChI is InChI=1S/C18H21FN4O2/c1-2-20-16(24)11-21-18(25)17-14-5-3-4-6-15(14)23(22-17)13-9-7-12(19)8-10-13/h7-10H,2-6,11H2,1H3,(H,20,24)(H,21,25). The van der Waals surface area contributed by atoms with Crippen LogP contribution in [0.2, 0.25) is 0 Å². The number of halogens is 1. The summed E-state index contributed by atoms with van der Waals surface area (Å²) in [5.41, 5.74) is 2.98. The number of hydrogen-bond donors (Lipinski definition) is 2. The van der Waals surface area contributed by atoms with Crippen LogP contribution in [0.15, 0.2) is 24.3 Å². The second kappa shape index (κ2) is 7.46. The first-order valence-electron chi connectivity index (χ1n) is 8.51. The van der Waals surface area contributed by atoms with Crippen molar-refractivity contribution >= 4 is 11.8 Å². The van der Waals surface area contributed by atoms with Crippen LogP contribution in [0, 0.1) is 5.82 Å². The average Bonchev–Trinajstić information content (AvgIpc) is 3.00. The third-order valence-corrected chi connectivity index (χ3v) is 4.25. The summed E-state index contributed by atoms with van der Waals surface area (Å²) in [6.45, 7) is 2.26. The van der Waals surface area contributed by atoms with Crippen LogP contribution in [0.1, 0.15) is 41.5 Å². The fourth-order valence-corrected chi connectivity index (χ4v) is 3.08. The molecule has 1 aromatic carbocycles. The molecule has 0 spiro atoms. The van der Waals surface area contributed by atoms with Gasteiger partial charge >= 0.3 is 0 Å². The fraction of sp³-hybridized carbons (Fsp3) is 0.389. The van der Waals surface area contributed by atoms with Crippen molar-refractivity contribution < 1.29 is 14.0 Å². The zero-order valence-corrected chi connectivity index (χ0v) is 14.1. The van der Waals surface area contributed by atoms with Gasteiger partial charge in [0.05, 0.1) is 12.2 Å². The SMILES string of the molecule is CCNC(=O)CNC(=O)c1nn(-c2ccc(F)cc2)c2c1CCCC2. The quantitative estimate of drug-likeness (QED) is 0.868. The number of benzene rings is 1. The predicted molar refractivity (Wildman–Crippen MR) is 91.2 cm³/mol. The first-order valence-corrected chi connectivity index (χ1v) is 8.51. The van der Waals surface area contributed by atoms with Crippen molar-refractivity contribution in [3.63, 3.8) is 0 Å². The van der Waals surface area contributed by atoms with Gasteiger partial charge in [0.15, 0.2) is 5.69 Å². The summed E-state index contributed by atoms with van der Waals surface area (Å²) in [4.78, 5) is 24.0. The number of rotatable bonds is 5. The summed E-state index contributed by atoms with van der Waals surface area (Å²) in [5, 5.41) is 9.72. The highest BCUT2D eigenvalue weighted by molar-refractivity contribution is 5.96. The predicted octanol–water partition coefficient (Wildman–Crippen LogP) is 1.76. The van der Waals surface area contributed by atoms with Crippen molar-refractivity contribution in [2.75, 3.05) is 13.1 Å². The van der Waals surface area contributed by atoms with E-state index < -0.39 is 0 Å². The van der Waals surface area contributed by atoms with Crippen LogP contribution in [0.4, 0.5) is 4.39 Å². The Labute approximate surface area is 145 Å². The van der Waals surface area contributed by atoms with Gasteiger partial charge in [-0.25, -0.2) is 9.07 Å². The van der Waals surface area contributed by atoms with Crippen molar-refractivity contribution in [2.24, 2.45) is 0 Å². The maximum absolute atomic E-state index is 13.2. The monoisotopic (exact) mass is 344 g/mol. The van der Waals surface area contributed by atoms with Crippen LogP contribution in [-0.4, -0.2) is 34.7 Å². The van der Waals surface area contributed by atoms with Crippen LogP contribution in [-0.2, 0) is 17.6 Å². The van der Waals surface area contributed by atoms with E-state index >= 15 is 0 Å². The lowest BCUT2D eigenvalue weighted by atomic mass is 9.95. The second-order valence-corrected chi connectivity index (χ2v) is 6.01. The molecule has 132 valence electrons. The Morgan fingerprint density at radius 1 is 1.16 bits per heavy atom. The molecule has 0 saturated carbocycles. The van der Waals surface area contributed by atoms with E-state index in [1.165, 1.54) is 12.1 Å². The van der Waals surface area contributed by atoms with Crippen molar-refractivity contribution in [2.45, 2.75) is 32.6 Å². The molecule has 2 N–H and O–H groups in total. The number of carbonyl (C=O) groups excluding carboxylic acids is 2. The summed E-state index contributed by atoms with van der Waals surface area (Å²) < 4.78 is 14.9. The first-order chi connectivity index (χ1) is 12.1. The Hall–Kier alpha value is -2.70. The Morgan fingerprint density at radius 2 is 1.88 bits per heavy atom. The lowest BCUT2D eigenvalue weighted by Gasteiger charge is -2.14.